The van der Waals surface area contributed by atoms with E-state index in [9.17, 15) is 13.2 Å². The van der Waals surface area contributed by atoms with E-state index in [2.05, 4.69) is 10.0 Å². The van der Waals surface area contributed by atoms with Crippen LogP contribution in [0.2, 0.25) is 0 Å². The van der Waals surface area contributed by atoms with E-state index in [-0.39, 0.29) is 18.0 Å². The molecule has 1 heterocycles. The second kappa shape index (κ2) is 8.76. The summed E-state index contributed by atoms with van der Waals surface area (Å²) in [6.07, 6.45) is 3.02. The maximum Gasteiger partial charge on any atom is 0.357 e. The molecule has 3 N–H and O–H groups in total. The first-order valence-electron chi connectivity index (χ1n) is 8.35. The molecule has 1 aromatic carbocycles. The molecule has 0 aliphatic carbocycles. The van der Waals surface area contributed by atoms with E-state index in [0.29, 0.717) is 10.7 Å². The number of nitrogens with zero attached hydrogens (tertiary/aromatic N) is 2. The highest BCUT2D eigenvalue weighted by atomic mass is 32.2. The highest BCUT2D eigenvalue weighted by Crippen LogP contribution is 2.21. The topological polar surface area (TPSA) is 102 Å². The Balaban J connectivity index is 2.26. The van der Waals surface area contributed by atoms with Gasteiger partial charge in [0, 0.05) is 20.1 Å². The minimum absolute atomic E-state index is 0.0591. The summed E-state index contributed by atoms with van der Waals surface area (Å²) in [5.74, 6) is -0.270. The van der Waals surface area contributed by atoms with Crippen molar-refractivity contribution in [3.8, 4) is 0 Å². The minimum Gasteiger partial charge on any atom is -0.364 e. The number of hydrogen-bond acceptors (Lipinski definition) is 5. The second-order valence-corrected chi connectivity index (χ2v) is 7.73. The standard InChI is InChI=1S/C16H24N4O4S2/c1-12-6-7-13(14(10-12)18-26(22,23)24)11-15(21)20(16(25)17-2)19-8-4-3-5-9-19/h6-7,10,18H,3-5,8-9,11H2,1-2H3,(H,17,25)(H,22,23,24). The summed E-state index contributed by atoms with van der Waals surface area (Å²) < 4.78 is 33.5. The normalized spacial score (nSPS) is 15.3. The molecular formula is C16H24N4O4S2. The highest BCUT2D eigenvalue weighted by molar-refractivity contribution is 7.87. The number of nitrogens with one attached hydrogen (secondary N) is 2. The van der Waals surface area contributed by atoms with Gasteiger partial charge in [-0.1, -0.05) is 18.6 Å². The van der Waals surface area contributed by atoms with Gasteiger partial charge in [0.1, 0.15) is 0 Å². The Morgan fingerprint density at radius 3 is 2.54 bits per heavy atom. The van der Waals surface area contributed by atoms with Crippen LogP contribution in [0.4, 0.5) is 5.69 Å². The number of carbonyl (C=O) groups is 1. The van der Waals surface area contributed by atoms with Crippen LogP contribution < -0.4 is 10.0 Å². The van der Waals surface area contributed by atoms with Gasteiger partial charge in [0.15, 0.2) is 5.11 Å². The second-order valence-electron chi connectivity index (χ2n) is 6.19. The summed E-state index contributed by atoms with van der Waals surface area (Å²) in [5.41, 5.74) is 1.43. The molecule has 0 aromatic heterocycles. The fraction of sp³-hybridized carbons (Fsp3) is 0.500. The first-order valence-corrected chi connectivity index (χ1v) is 10.2. The van der Waals surface area contributed by atoms with Gasteiger partial charge in [0.05, 0.1) is 12.1 Å². The van der Waals surface area contributed by atoms with Gasteiger partial charge >= 0.3 is 10.3 Å². The lowest BCUT2D eigenvalue weighted by Crippen LogP contribution is -2.55. The van der Waals surface area contributed by atoms with Crippen molar-refractivity contribution in [1.82, 2.24) is 15.3 Å². The number of aryl methyl sites for hydroxylation is 1. The SMILES string of the molecule is CNC(=S)N(C(=O)Cc1ccc(C)cc1NS(=O)(=O)O)N1CCCCC1. The number of carbonyl (C=O) groups excluding carboxylic acids is 1. The van der Waals surface area contributed by atoms with E-state index in [1.165, 1.54) is 5.01 Å². The van der Waals surface area contributed by atoms with Gasteiger partial charge in [-0.15, -0.1) is 0 Å². The number of anilines is 1. The third kappa shape index (κ3) is 5.63. The van der Waals surface area contributed by atoms with Crippen LogP contribution in [0.5, 0.6) is 0 Å². The van der Waals surface area contributed by atoms with E-state index in [4.69, 9.17) is 16.8 Å². The van der Waals surface area contributed by atoms with Crippen molar-refractivity contribution >= 4 is 39.2 Å². The van der Waals surface area contributed by atoms with Crippen LogP contribution in [0.1, 0.15) is 30.4 Å². The van der Waals surface area contributed by atoms with Gasteiger partial charge in [-0.3, -0.25) is 14.1 Å². The van der Waals surface area contributed by atoms with Gasteiger partial charge < -0.3 is 5.32 Å². The Morgan fingerprint density at radius 1 is 1.31 bits per heavy atom. The molecule has 0 saturated carbocycles. The van der Waals surface area contributed by atoms with Gasteiger partial charge in [-0.05, 0) is 49.2 Å². The lowest BCUT2D eigenvalue weighted by atomic mass is 10.1. The minimum atomic E-state index is -4.44. The molecule has 1 aromatic rings. The summed E-state index contributed by atoms with van der Waals surface area (Å²) in [4.78, 5) is 12.9. The van der Waals surface area contributed by atoms with Gasteiger partial charge in [0.25, 0.3) is 0 Å². The van der Waals surface area contributed by atoms with Crippen molar-refractivity contribution in [3.05, 3.63) is 29.3 Å². The Labute approximate surface area is 159 Å². The maximum atomic E-state index is 12.9. The van der Waals surface area contributed by atoms with E-state index in [1.807, 2.05) is 5.01 Å². The number of hydrazine groups is 1. The van der Waals surface area contributed by atoms with Crippen molar-refractivity contribution < 1.29 is 17.8 Å². The number of rotatable bonds is 5. The molecule has 0 bridgehead atoms. The average Bonchev–Trinajstić information content (AvgIpc) is 2.57. The predicted octanol–water partition coefficient (Wildman–Crippen LogP) is 1.49. The molecular weight excluding hydrogens is 376 g/mol. The van der Waals surface area contributed by atoms with Crippen LogP contribution in [0.25, 0.3) is 0 Å². The van der Waals surface area contributed by atoms with Crippen molar-refractivity contribution in [2.45, 2.75) is 32.6 Å². The van der Waals surface area contributed by atoms with Crippen LogP contribution in [0.3, 0.4) is 0 Å². The van der Waals surface area contributed by atoms with Gasteiger partial charge in [0.2, 0.25) is 5.91 Å². The van der Waals surface area contributed by atoms with Crippen LogP contribution >= 0.6 is 12.2 Å². The summed E-state index contributed by atoms with van der Waals surface area (Å²) >= 11 is 5.29. The molecule has 1 aliphatic rings. The molecule has 0 unspecified atom stereocenters. The lowest BCUT2D eigenvalue weighted by molar-refractivity contribution is -0.139. The Bertz CT molecular complexity index is 776. The zero-order chi connectivity index (χ0) is 19.3. The maximum absolute atomic E-state index is 12.9. The zero-order valence-electron chi connectivity index (χ0n) is 14.9. The fourth-order valence-electron chi connectivity index (χ4n) is 2.90. The molecule has 26 heavy (non-hydrogen) atoms. The largest absolute Gasteiger partial charge is 0.364 e. The lowest BCUT2D eigenvalue weighted by Gasteiger charge is -2.37. The third-order valence-corrected chi connectivity index (χ3v) is 4.96. The summed E-state index contributed by atoms with van der Waals surface area (Å²) in [5, 5.41) is 6.50. The first kappa shape index (κ1) is 20.6. The number of thiocarbonyl (C=S) groups is 1. The molecule has 1 fully saturated rings. The summed E-state index contributed by atoms with van der Waals surface area (Å²) in [6, 6.07) is 5.01. The van der Waals surface area contributed by atoms with Crippen molar-refractivity contribution in [1.29, 1.82) is 0 Å². The van der Waals surface area contributed by atoms with E-state index < -0.39 is 10.3 Å². The first-order chi connectivity index (χ1) is 12.2. The van der Waals surface area contributed by atoms with Gasteiger partial charge in [-0.25, -0.2) is 10.0 Å². The molecule has 1 aliphatic heterocycles. The van der Waals surface area contributed by atoms with E-state index >= 15 is 0 Å². The molecule has 1 saturated heterocycles. The van der Waals surface area contributed by atoms with Crippen molar-refractivity contribution in [3.63, 3.8) is 0 Å². The van der Waals surface area contributed by atoms with Crippen LogP contribution in [0, 0.1) is 6.92 Å². The van der Waals surface area contributed by atoms with Crippen LogP contribution in [-0.4, -0.2) is 54.1 Å². The van der Waals surface area contributed by atoms with Crippen molar-refractivity contribution in [2.24, 2.45) is 0 Å². The number of amides is 1. The van der Waals surface area contributed by atoms with E-state index in [0.717, 1.165) is 37.9 Å². The fourth-order valence-corrected chi connectivity index (χ4v) is 3.58. The Kier molecular flexibility index (Phi) is 6.93. The quantitative estimate of drug-likeness (QED) is 0.508. The Morgan fingerprint density at radius 2 is 1.96 bits per heavy atom. The average molecular weight is 401 g/mol. The van der Waals surface area contributed by atoms with E-state index in [1.54, 1.807) is 32.2 Å². The summed E-state index contributed by atoms with van der Waals surface area (Å²) in [6.45, 7) is 3.26. The molecule has 10 heteroatoms. The number of benzene rings is 1. The van der Waals surface area contributed by atoms with Crippen LogP contribution in [0.15, 0.2) is 18.2 Å². The smallest absolute Gasteiger partial charge is 0.357 e. The van der Waals surface area contributed by atoms with Crippen molar-refractivity contribution in [2.75, 3.05) is 24.9 Å². The third-order valence-electron chi connectivity index (χ3n) is 4.10. The monoisotopic (exact) mass is 400 g/mol. The number of piperidine rings is 1. The molecule has 144 valence electrons. The molecule has 0 atom stereocenters. The molecule has 8 nitrogen and oxygen atoms in total. The summed E-state index contributed by atoms with van der Waals surface area (Å²) in [7, 11) is -2.78. The number of hydrogen-bond donors (Lipinski definition) is 3. The highest BCUT2D eigenvalue weighted by Gasteiger charge is 2.27. The molecule has 0 spiro atoms. The van der Waals surface area contributed by atoms with Crippen LogP contribution in [-0.2, 0) is 21.5 Å². The zero-order valence-corrected chi connectivity index (χ0v) is 16.5. The predicted molar refractivity (Wildman–Crippen MR) is 104 cm³/mol. The Hall–Kier alpha value is -1.75. The molecule has 2 rings (SSSR count). The van der Waals surface area contributed by atoms with Gasteiger partial charge in [-0.2, -0.15) is 8.42 Å². The molecule has 0 radical (unpaired) electrons. The molecule has 1 amide bonds.